The van der Waals surface area contributed by atoms with Gasteiger partial charge < -0.3 is 24.9 Å². The number of benzene rings is 2. The lowest BCUT2D eigenvalue weighted by Gasteiger charge is -2.29. The van der Waals surface area contributed by atoms with E-state index in [2.05, 4.69) is 33.7 Å². The standard InChI is InChI=1S/C25H34N6OS.C6H6/c1-17(26)25(29(2)27)19-13-23-24(28-15-19)21-4-3-20(30-7-11-33-12-8-30)14-22(21)31(23)16-18-5-9-32-10-6-18;1-2-4-6-5-3-1/h3-4,13-15,18H,5-12,16,26-27H2,1-2H3;1-6H/b25-17-;. The molecule has 0 spiro atoms. The summed E-state index contributed by atoms with van der Waals surface area (Å²) in [5.41, 5.74) is 13.3. The van der Waals surface area contributed by atoms with Crippen molar-refractivity contribution in [2.24, 2.45) is 17.5 Å². The molecule has 0 atom stereocenters. The summed E-state index contributed by atoms with van der Waals surface area (Å²) < 4.78 is 8.10. The Morgan fingerprint density at radius 1 is 1.03 bits per heavy atom. The van der Waals surface area contributed by atoms with Crippen LogP contribution in [0.1, 0.15) is 25.3 Å². The van der Waals surface area contributed by atoms with Crippen molar-refractivity contribution in [1.82, 2.24) is 14.6 Å². The predicted octanol–water partition coefficient (Wildman–Crippen LogP) is 5.31. The number of ether oxygens (including phenoxy) is 1. The molecule has 2 fully saturated rings. The first-order valence-corrected chi connectivity index (χ1v) is 15.0. The number of nitrogens with zero attached hydrogens (tertiary/aromatic N) is 4. The van der Waals surface area contributed by atoms with Crippen molar-refractivity contribution in [3.05, 3.63) is 78.1 Å². The number of thioether (sulfide) groups is 1. The molecule has 0 unspecified atom stereocenters. The van der Waals surface area contributed by atoms with Crippen LogP contribution in [0.2, 0.25) is 0 Å². The van der Waals surface area contributed by atoms with Crippen LogP contribution in [0.15, 0.2) is 72.6 Å². The van der Waals surface area contributed by atoms with Crippen LogP contribution in [0, 0.1) is 5.92 Å². The zero-order chi connectivity index (χ0) is 27.2. The second-order valence-electron chi connectivity index (χ2n) is 10.4. The molecule has 39 heavy (non-hydrogen) atoms. The molecule has 2 aromatic carbocycles. The van der Waals surface area contributed by atoms with Gasteiger partial charge in [-0.05, 0) is 49.9 Å². The summed E-state index contributed by atoms with van der Waals surface area (Å²) in [4.78, 5) is 7.42. The minimum absolute atomic E-state index is 0.597. The Morgan fingerprint density at radius 3 is 2.31 bits per heavy atom. The summed E-state index contributed by atoms with van der Waals surface area (Å²) in [6, 6.07) is 21.1. The minimum Gasteiger partial charge on any atom is -0.401 e. The highest BCUT2D eigenvalue weighted by Gasteiger charge is 2.21. The molecular formula is C31H40N6OS. The van der Waals surface area contributed by atoms with Crippen LogP contribution < -0.4 is 16.5 Å². The first-order chi connectivity index (χ1) is 19.0. The maximum Gasteiger partial charge on any atom is 0.0960 e. The van der Waals surface area contributed by atoms with E-state index in [0.717, 1.165) is 68.0 Å². The van der Waals surface area contributed by atoms with Crippen LogP contribution >= 0.6 is 11.8 Å². The van der Waals surface area contributed by atoms with Gasteiger partial charge in [-0.3, -0.25) is 4.98 Å². The van der Waals surface area contributed by atoms with E-state index in [1.807, 2.05) is 68.3 Å². The second-order valence-corrected chi connectivity index (χ2v) is 11.6. The van der Waals surface area contributed by atoms with Crippen LogP contribution in [-0.4, -0.2) is 59.4 Å². The Hall–Kier alpha value is -3.20. The fourth-order valence-electron chi connectivity index (χ4n) is 5.57. The largest absolute Gasteiger partial charge is 0.401 e. The number of fused-ring (bicyclic) bond motifs is 3. The van der Waals surface area contributed by atoms with Crippen LogP contribution in [0.4, 0.5) is 5.69 Å². The quantitative estimate of drug-likeness (QED) is 0.260. The molecule has 0 aliphatic carbocycles. The van der Waals surface area contributed by atoms with Crippen LogP contribution in [-0.2, 0) is 11.3 Å². The number of hydrazine groups is 1. The highest BCUT2D eigenvalue weighted by Crippen LogP contribution is 2.34. The highest BCUT2D eigenvalue weighted by atomic mass is 32.2. The van der Waals surface area contributed by atoms with Gasteiger partial charge in [0.05, 0.1) is 22.2 Å². The third-order valence-electron chi connectivity index (χ3n) is 7.51. The lowest BCUT2D eigenvalue weighted by molar-refractivity contribution is 0.0620. The molecule has 7 nitrogen and oxygen atoms in total. The van der Waals surface area contributed by atoms with Gasteiger partial charge in [-0.2, -0.15) is 11.8 Å². The Balaban J connectivity index is 0.000000455. The molecule has 0 saturated carbocycles. The third-order valence-corrected chi connectivity index (χ3v) is 8.45. The Labute approximate surface area is 235 Å². The van der Waals surface area contributed by atoms with Gasteiger partial charge in [-0.25, -0.2) is 5.84 Å². The van der Waals surface area contributed by atoms with Crippen molar-refractivity contribution in [3.8, 4) is 0 Å². The zero-order valence-electron chi connectivity index (χ0n) is 23.1. The van der Waals surface area contributed by atoms with Gasteiger partial charge in [-0.15, -0.1) is 0 Å². The molecule has 206 valence electrons. The van der Waals surface area contributed by atoms with Gasteiger partial charge in [0.1, 0.15) is 0 Å². The van der Waals surface area contributed by atoms with Gasteiger partial charge in [0, 0.05) is 79.9 Å². The summed E-state index contributed by atoms with van der Waals surface area (Å²) in [7, 11) is 1.82. The van der Waals surface area contributed by atoms with Gasteiger partial charge >= 0.3 is 0 Å². The van der Waals surface area contributed by atoms with Crippen molar-refractivity contribution in [2.75, 3.05) is 49.8 Å². The molecule has 2 aromatic heterocycles. The molecular weight excluding hydrogens is 504 g/mol. The normalized spacial score (nSPS) is 17.1. The topological polar surface area (TPSA) is 85.6 Å². The first-order valence-electron chi connectivity index (χ1n) is 13.8. The van der Waals surface area contributed by atoms with E-state index < -0.39 is 0 Å². The molecule has 4 N–H and O–H groups in total. The average molecular weight is 545 g/mol. The number of pyridine rings is 1. The van der Waals surface area contributed by atoms with Gasteiger partial charge in [0.2, 0.25) is 0 Å². The maximum atomic E-state index is 6.18. The lowest BCUT2D eigenvalue weighted by Crippen LogP contribution is -2.32. The molecule has 2 saturated heterocycles. The fraction of sp³-hybridized carbons (Fsp3) is 0.387. The zero-order valence-corrected chi connectivity index (χ0v) is 23.9. The molecule has 4 heterocycles. The van der Waals surface area contributed by atoms with Gasteiger partial charge in [0.15, 0.2) is 0 Å². The second kappa shape index (κ2) is 12.8. The number of nitrogens with two attached hydrogens (primary N) is 2. The Kier molecular flexibility index (Phi) is 8.96. The van der Waals surface area contributed by atoms with E-state index in [1.54, 1.807) is 5.01 Å². The highest BCUT2D eigenvalue weighted by molar-refractivity contribution is 7.99. The molecule has 8 heteroatoms. The molecule has 0 radical (unpaired) electrons. The fourth-order valence-corrected chi connectivity index (χ4v) is 6.47. The summed E-state index contributed by atoms with van der Waals surface area (Å²) in [6.45, 7) is 6.74. The number of hydrogen-bond donors (Lipinski definition) is 2. The molecule has 0 amide bonds. The van der Waals surface area contributed by atoms with E-state index in [9.17, 15) is 0 Å². The number of allylic oxidation sites excluding steroid dienone is 1. The number of rotatable bonds is 5. The van der Waals surface area contributed by atoms with Gasteiger partial charge in [-0.1, -0.05) is 36.4 Å². The number of hydrogen-bond acceptors (Lipinski definition) is 7. The van der Waals surface area contributed by atoms with E-state index >= 15 is 0 Å². The van der Waals surface area contributed by atoms with Crippen molar-refractivity contribution >= 4 is 45.1 Å². The van der Waals surface area contributed by atoms with E-state index in [0.29, 0.717) is 11.6 Å². The monoisotopic (exact) mass is 544 g/mol. The summed E-state index contributed by atoms with van der Waals surface area (Å²) >= 11 is 2.04. The summed E-state index contributed by atoms with van der Waals surface area (Å²) in [5, 5.41) is 2.78. The molecule has 4 aromatic rings. The third kappa shape index (κ3) is 6.35. The summed E-state index contributed by atoms with van der Waals surface area (Å²) in [6.07, 6.45) is 4.08. The van der Waals surface area contributed by atoms with E-state index in [4.69, 9.17) is 21.3 Å². The van der Waals surface area contributed by atoms with E-state index in [1.165, 1.54) is 28.1 Å². The number of anilines is 1. The van der Waals surface area contributed by atoms with Crippen molar-refractivity contribution in [2.45, 2.75) is 26.3 Å². The average Bonchev–Trinajstić information content (AvgIpc) is 3.27. The minimum atomic E-state index is 0.597. The molecule has 6 rings (SSSR count). The molecule has 2 aliphatic rings. The Morgan fingerprint density at radius 2 is 1.69 bits per heavy atom. The van der Waals surface area contributed by atoms with Gasteiger partial charge in [0.25, 0.3) is 0 Å². The SMILES string of the molecule is C/C(N)=C(\c1cnc2c3ccc(N4CCSCC4)cc3n(CC3CCOCC3)c2c1)N(C)N.c1ccccc1. The smallest absolute Gasteiger partial charge is 0.0960 e. The number of aromatic nitrogens is 2. The Bertz CT molecular complexity index is 1370. The lowest BCUT2D eigenvalue weighted by atomic mass is 10.0. The summed E-state index contributed by atoms with van der Waals surface area (Å²) in [5.74, 6) is 9.09. The van der Waals surface area contributed by atoms with Crippen molar-refractivity contribution < 1.29 is 4.74 Å². The van der Waals surface area contributed by atoms with Crippen LogP contribution in [0.3, 0.4) is 0 Å². The predicted molar refractivity (Wildman–Crippen MR) is 165 cm³/mol. The van der Waals surface area contributed by atoms with Crippen LogP contribution in [0.5, 0.6) is 0 Å². The molecule has 0 bridgehead atoms. The first kappa shape index (κ1) is 27.4. The molecule has 2 aliphatic heterocycles. The van der Waals surface area contributed by atoms with Crippen molar-refractivity contribution in [1.29, 1.82) is 0 Å². The van der Waals surface area contributed by atoms with Crippen molar-refractivity contribution in [3.63, 3.8) is 0 Å². The van der Waals surface area contributed by atoms with E-state index in [-0.39, 0.29) is 0 Å². The maximum absolute atomic E-state index is 6.18. The van der Waals surface area contributed by atoms with Crippen LogP contribution in [0.25, 0.3) is 27.6 Å².